The van der Waals surface area contributed by atoms with Gasteiger partial charge in [0.25, 0.3) is 0 Å². The van der Waals surface area contributed by atoms with E-state index in [9.17, 15) is 9.59 Å². The summed E-state index contributed by atoms with van der Waals surface area (Å²) in [6.07, 6.45) is 1.32. The molecule has 0 bridgehead atoms. The van der Waals surface area contributed by atoms with Crippen LogP contribution in [0.1, 0.15) is 33.3 Å². The molecule has 5 nitrogen and oxygen atoms in total. The highest BCUT2D eigenvalue weighted by Gasteiger charge is 2.19. The van der Waals surface area contributed by atoms with Gasteiger partial charge in [0.05, 0.1) is 24.8 Å². The number of carbonyl (C=O) groups excluding carboxylic acids is 2. The van der Waals surface area contributed by atoms with E-state index in [4.69, 9.17) is 4.74 Å². The molecule has 0 saturated carbocycles. The molecule has 0 aromatic carbocycles. The van der Waals surface area contributed by atoms with Gasteiger partial charge in [0.1, 0.15) is 0 Å². The van der Waals surface area contributed by atoms with Crippen LogP contribution in [0.2, 0.25) is 0 Å². The molecule has 1 aromatic heterocycles. The van der Waals surface area contributed by atoms with Gasteiger partial charge in [-0.1, -0.05) is 0 Å². The van der Waals surface area contributed by atoms with E-state index in [0.29, 0.717) is 5.69 Å². The molecule has 5 heteroatoms. The molecule has 0 amide bonds. The topological polar surface area (TPSA) is 65.5 Å². The lowest BCUT2D eigenvalue weighted by Gasteiger charge is -2.07. The average Bonchev–Trinajstić information content (AvgIpc) is 2.28. The minimum atomic E-state index is -0.575. The normalized spacial score (nSPS) is 9.69. The molecular formula is C11H13NO4. The molecule has 1 heterocycles. The third-order valence-corrected chi connectivity index (χ3v) is 1.94. The fraction of sp³-hybridized carbons (Fsp3) is 0.364. The second-order valence-corrected chi connectivity index (χ2v) is 3.08. The van der Waals surface area contributed by atoms with Crippen molar-refractivity contribution in [2.45, 2.75) is 13.8 Å². The first-order chi connectivity index (χ1) is 7.60. The summed E-state index contributed by atoms with van der Waals surface area (Å²) in [7, 11) is 1.26. The van der Waals surface area contributed by atoms with Crippen molar-refractivity contribution in [1.29, 1.82) is 0 Å². The number of methoxy groups -OCH3 is 1. The van der Waals surface area contributed by atoms with E-state index in [2.05, 4.69) is 9.72 Å². The Balaban J connectivity index is 3.17. The standard InChI is InChI=1S/C11H13NO4/c1-4-16-11(14)9-6-12-7(2)5-8(9)10(13)15-3/h5-6H,4H2,1-3H3. The highest BCUT2D eigenvalue weighted by atomic mass is 16.5. The zero-order valence-electron chi connectivity index (χ0n) is 9.44. The van der Waals surface area contributed by atoms with Crippen LogP contribution >= 0.6 is 0 Å². The first-order valence-corrected chi connectivity index (χ1v) is 4.82. The van der Waals surface area contributed by atoms with Gasteiger partial charge >= 0.3 is 11.9 Å². The molecule has 0 N–H and O–H groups in total. The lowest BCUT2D eigenvalue weighted by molar-refractivity contribution is 0.0503. The van der Waals surface area contributed by atoms with Crippen molar-refractivity contribution >= 4 is 11.9 Å². The molecule has 1 aromatic rings. The zero-order chi connectivity index (χ0) is 12.1. The molecule has 86 valence electrons. The quantitative estimate of drug-likeness (QED) is 0.724. The van der Waals surface area contributed by atoms with Gasteiger partial charge in [-0.3, -0.25) is 4.98 Å². The van der Waals surface area contributed by atoms with E-state index in [1.165, 1.54) is 19.4 Å². The first-order valence-electron chi connectivity index (χ1n) is 4.82. The van der Waals surface area contributed by atoms with Crippen LogP contribution in [0.4, 0.5) is 0 Å². The summed E-state index contributed by atoms with van der Waals surface area (Å²) in [4.78, 5) is 26.9. The summed E-state index contributed by atoms with van der Waals surface area (Å²) in [6, 6.07) is 1.50. The number of hydrogen-bond donors (Lipinski definition) is 0. The van der Waals surface area contributed by atoms with E-state index in [-0.39, 0.29) is 17.7 Å². The Morgan fingerprint density at radius 2 is 2.00 bits per heavy atom. The number of rotatable bonds is 3. The van der Waals surface area contributed by atoms with Gasteiger partial charge in [-0.15, -0.1) is 0 Å². The van der Waals surface area contributed by atoms with Gasteiger partial charge in [0, 0.05) is 11.9 Å². The van der Waals surface area contributed by atoms with Gasteiger partial charge in [-0.25, -0.2) is 9.59 Å². The monoisotopic (exact) mass is 223 g/mol. The maximum Gasteiger partial charge on any atom is 0.340 e. The molecule has 16 heavy (non-hydrogen) atoms. The highest BCUT2D eigenvalue weighted by molar-refractivity contribution is 6.02. The smallest absolute Gasteiger partial charge is 0.340 e. The summed E-state index contributed by atoms with van der Waals surface area (Å²) < 4.78 is 9.40. The summed E-state index contributed by atoms with van der Waals surface area (Å²) >= 11 is 0. The van der Waals surface area contributed by atoms with Crippen molar-refractivity contribution in [3.63, 3.8) is 0 Å². The van der Waals surface area contributed by atoms with E-state index in [1.807, 2.05) is 0 Å². The van der Waals surface area contributed by atoms with Crippen molar-refractivity contribution in [1.82, 2.24) is 4.98 Å². The van der Waals surface area contributed by atoms with Gasteiger partial charge in [0.15, 0.2) is 0 Å². The molecule has 0 aliphatic carbocycles. The van der Waals surface area contributed by atoms with Crippen LogP contribution in [0.25, 0.3) is 0 Å². The molecule has 0 fully saturated rings. The molecule has 0 saturated heterocycles. The van der Waals surface area contributed by atoms with Crippen LogP contribution < -0.4 is 0 Å². The van der Waals surface area contributed by atoms with Crippen LogP contribution in [0, 0.1) is 6.92 Å². The summed E-state index contributed by atoms with van der Waals surface area (Å²) in [6.45, 7) is 3.66. The maximum absolute atomic E-state index is 11.5. The van der Waals surface area contributed by atoms with E-state index in [0.717, 1.165) is 0 Å². The number of aryl methyl sites for hydroxylation is 1. The third kappa shape index (κ3) is 2.56. The Morgan fingerprint density at radius 3 is 2.56 bits per heavy atom. The van der Waals surface area contributed by atoms with Crippen molar-refractivity contribution in [3.05, 3.63) is 29.1 Å². The molecule has 0 radical (unpaired) electrons. The predicted molar refractivity (Wildman–Crippen MR) is 56.3 cm³/mol. The second-order valence-electron chi connectivity index (χ2n) is 3.08. The minimum Gasteiger partial charge on any atom is -0.465 e. The Kier molecular flexibility index (Phi) is 3.99. The van der Waals surface area contributed by atoms with Crippen molar-refractivity contribution in [2.24, 2.45) is 0 Å². The molecular weight excluding hydrogens is 210 g/mol. The lowest BCUT2D eigenvalue weighted by atomic mass is 10.1. The van der Waals surface area contributed by atoms with Gasteiger partial charge in [-0.2, -0.15) is 0 Å². The lowest BCUT2D eigenvalue weighted by Crippen LogP contribution is -2.14. The van der Waals surface area contributed by atoms with E-state index in [1.54, 1.807) is 13.8 Å². The third-order valence-electron chi connectivity index (χ3n) is 1.94. The predicted octanol–water partition coefficient (Wildman–Crippen LogP) is 1.35. The second kappa shape index (κ2) is 5.25. The first kappa shape index (κ1) is 12.2. The number of pyridine rings is 1. The Morgan fingerprint density at radius 1 is 1.31 bits per heavy atom. The number of hydrogen-bond acceptors (Lipinski definition) is 5. The molecule has 0 spiro atoms. The Labute approximate surface area is 93.4 Å². The molecule has 0 atom stereocenters. The van der Waals surface area contributed by atoms with Crippen LogP contribution in [0.3, 0.4) is 0 Å². The minimum absolute atomic E-state index is 0.124. The van der Waals surface area contributed by atoms with Gasteiger partial charge in [-0.05, 0) is 19.9 Å². The molecule has 0 aliphatic rings. The zero-order valence-corrected chi connectivity index (χ0v) is 9.44. The maximum atomic E-state index is 11.5. The fourth-order valence-corrected chi connectivity index (χ4v) is 1.21. The van der Waals surface area contributed by atoms with Crippen LogP contribution in [0.15, 0.2) is 12.3 Å². The van der Waals surface area contributed by atoms with Crippen LogP contribution in [-0.2, 0) is 9.47 Å². The largest absolute Gasteiger partial charge is 0.465 e. The van der Waals surface area contributed by atoms with Crippen molar-refractivity contribution < 1.29 is 19.1 Å². The van der Waals surface area contributed by atoms with Crippen molar-refractivity contribution in [2.75, 3.05) is 13.7 Å². The SMILES string of the molecule is CCOC(=O)c1cnc(C)cc1C(=O)OC. The highest BCUT2D eigenvalue weighted by Crippen LogP contribution is 2.12. The number of ether oxygens (including phenoxy) is 2. The number of esters is 2. The Hall–Kier alpha value is -1.91. The molecule has 0 unspecified atom stereocenters. The average molecular weight is 223 g/mol. The number of carbonyl (C=O) groups is 2. The van der Waals surface area contributed by atoms with Gasteiger partial charge in [0.2, 0.25) is 0 Å². The van der Waals surface area contributed by atoms with Gasteiger partial charge < -0.3 is 9.47 Å². The number of nitrogens with zero attached hydrogens (tertiary/aromatic N) is 1. The summed E-state index contributed by atoms with van der Waals surface area (Å²) in [5.74, 6) is -1.15. The Bertz CT molecular complexity index is 414. The summed E-state index contributed by atoms with van der Waals surface area (Å²) in [5.41, 5.74) is 0.932. The number of aromatic nitrogens is 1. The fourth-order valence-electron chi connectivity index (χ4n) is 1.21. The van der Waals surface area contributed by atoms with Crippen molar-refractivity contribution in [3.8, 4) is 0 Å². The van der Waals surface area contributed by atoms with E-state index >= 15 is 0 Å². The molecule has 0 aliphatic heterocycles. The summed E-state index contributed by atoms with van der Waals surface area (Å²) in [5, 5.41) is 0. The van der Waals surface area contributed by atoms with Crippen LogP contribution in [0.5, 0.6) is 0 Å². The molecule has 1 rings (SSSR count). The van der Waals surface area contributed by atoms with E-state index < -0.39 is 11.9 Å². The van der Waals surface area contributed by atoms with Crippen LogP contribution in [-0.4, -0.2) is 30.6 Å².